The van der Waals surface area contributed by atoms with Gasteiger partial charge in [0.25, 0.3) is 10.1 Å². The molecule has 1 fully saturated rings. The maximum Gasteiger partial charge on any atom is 0.296 e. The summed E-state index contributed by atoms with van der Waals surface area (Å²) < 4.78 is 34.3. The Kier molecular flexibility index (Phi) is 6.50. The largest absolute Gasteiger partial charge is 0.338 e. The molecule has 4 rings (SSSR count). The van der Waals surface area contributed by atoms with Gasteiger partial charge in [-0.3, -0.25) is 4.55 Å². The van der Waals surface area contributed by atoms with E-state index in [1.807, 2.05) is 35.2 Å². The lowest BCUT2D eigenvalue weighted by Gasteiger charge is -2.27. The van der Waals surface area contributed by atoms with E-state index < -0.39 is 10.1 Å². The van der Waals surface area contributed by atoms with Crippen LogP contribution in [0.5, 0.6) is 0 Å². The van der Waals surface area contributed by atoms with Crippen LogP contribution in [0.15, 0.2) is 77.7 Å². The molecular formula is C27H30N2O3S. The molecule has 33 heavy (non-hydrogen) atoms. The van der Waals surface area contributed by atoms with Crippen molar-refractivity contribution < 1.29 is 13.0 Å². The molecule has 1 heterocycles. The van der Waals surface area contributed by atoms with Gasteiger partial charge in [-0.15, -0.1) is 0 Å². The second-order valence-electron chi connectivity index (χ2n) is 9.04. The van der Waals surface area contributed by atoms with E-state index in [0.717, 1.165) is 11.3 Å². The first-order valence-electron chi connectivity index (χ1n) is 11.3. The standard InChI is InChI=1S/C27H30N2O3S/c1-19(2)22-13-10-14-23(20(3)4)27(22)28-17-25(21-11-6-5-7-12-21)29(18-28)24-15-8-9-16-26(24)33(30,31)32/h5-16,19-20,25H,17H2,1-4H3,(H,30,31,32)/t25-/m0/s1. The topological polar surface area (TPSA) is 60.9 Å². The smallest absolute Gasteiger partial charge is 0.296 e. The molecule has 3 aromatic carbocycles. The zero-order valence-corrected chi connectivity index (χ0v) is 20.3. The zero-order chi connectivity index (χ0) is 23.8. The molecule has 0 unspecified atom stereocenters. The summed E-state index contributed by atoms with van der Waals surface area (Å²) in [4.78, 5) is 3.84. The molecule has 6 heteroatoms. The van der Waals surface area contributed by atoms with Crippen LogP contribution in [-0.2, 0) is 10.1 Å². The average Bonchev–Trinajstić information content (AvgIpc) is 3.23. The summed E-state index contributed by atoms with van der Waals surface area (Å²) in [5.74, 6) is 0.629. The van der Waals surface area contributed by atoms with Gasteiger partial charge < -0.3 is 9.80 Å². The molecule has 2 radical (unpaired) electrons. The van der Waals surface area contributed by atoms with E-state index >= 15 is 0 Å². The molecule has 0 aliphatic carbocycles. The van der Waals surface area contributed by atoms with Crippen LogP contribution in [0, 0.1) is 6.67 Å². The summed E-state index contributed by atoms with van der Waals surface area (Å²) in [5, 5.41) is 0. The molecule has 0 aromatic heterocycles. The highest BCUT2D eigenvalue weighted by atomic mass is 32.2. The number of nitrogens with zero attached hydrogens (tertiary/aromatic N) is 2. The van der Waals surface area contributed by atoms with Crippen molar-refractivity contribution in [3.63, 3.8) is 0 Å². The van der Waals surface area contributed by atoms with E-state index in [0.29, 0.717) is 24.1 Å². The van der Waals surface area contributed by atoms with Gasteiger partial charge in [0.15, 0.2) is 0 Å². The van der Waals surface area contributed by atoms with Crippen molar-refractivity contribution in [2.75, 3.05) is 16.3 Å². The Bertz CT molecular complexity index is 1200. The lowest BCUT2D eigenvalue weighted by Crippen LogP contribution is -2.23. The third-order valence-corrected chi connectivity index (χ3v) is 7.00. The highest BCUT2D eigenvalue weighted by Gasteiger charge is 2.37. The maximum absolute atomic E-state index is 12.2. The molecule has 172 valence electrons. The van der Waals surface area contributed by atoms with Crippen LogP contribution in [0.3, 0.4) is 0 Å². The number of benzene rings is 3. The number of para-hydroxylation sites is 2. The average molecular weight is 463 g/mol. The van der Waals surface area contributed by atoms with E-state index in [-0.39, 0.29) is 10.9 Å². The number of hydrogen-bond acceptors (Lipinski definition) is 4. The Morgan fingerprint density at radius 2 is 1.42 bits per heavy atom. The quantitative estimate of drug-likeness (QED) is 0.439. The molecule has 3 aromatic rings. The van der Waals surface area contributed by atoms with Gasteiger partial charge in [0.1, 0.15) is 4.90 Å². The van der Waals surface area contributed by atoms with Gasteiger partial charge in [0.05, 0.1) is 11.7 Å². The Hall–Kier alpha value is -2.83. The highest BCUT2D eigenvalue weighted by molar-refractivity contribution is 7.86. The number of hydrogen-bond donors (Lipinski definition) is 1. The zero-order valence-electron chi connectivity index (χ0n) is 19.4. The van der Waals surface area contributed by atoms with Crippen LogP contribution >= 0.6 is 0 Å². The van der Waals surface area contributed by atoms with Gasteiger partial charge in [-0.1, -0.05) is 88.4 Å². The second kappa shape index (κ2) is 9.20. The normalized spacial score (nSPS) is 16.8. The summed E-state index contributed by atoms with van der Waals surface area (Å²) in [7, 11) is -4.40. The molecule has 1 atom stereocenters. The molecule has 1 aliphatic heterocycles. The maximum atomic E-state index is 12.2. The van der Waals surface area contributed by atoms with Crippen molar-refractivity contribution in [1.82, 2.24) is 0 Å². The second-order valence-corrected chi connectivity index (χ2v) is 10.4. The third-order valence-electron chi connectivity index (χ3n) is 6.10. The minimum Gasteiger partial charge on any atom is -0.338 e. The molecule has 0 saturated carbocycles. The highest BCUT2D eigenvalue weighted by Crippen LogP contribution is 2.44. The summed E-state index contributed by atoms with van der Waals surface area (Å²) in [5.41, 5.74) is 5.03. The van der Waals surface area contributed by atoms with Crippen LogP contribution < -0.4 is 9.80 Å². The van der Waals surface area contributed by atoms with Gasteiger partial charge >= 0.3 is 0 Å². The van der Waals surface area contributed by atoms with Crippen molar-refractivity contribution in [2.24, 2.45) is 0 Å². The number of anilines is 2. The lowest BCUT2D eigenvalue weighted by atomic mass is 9.92. The molecule has 5 nitrogen and oxygen atoms in total. The third kappa shape index (κ3) is 4.63. The van der Waals surface area contributed by atoms with Crippen molar-refractivity contribution in [3.05, 3.63) is 96.2 Å². The number of rotatable bonds is 6. The molecule has 0 amide bonds. The van der Waals surface area contributed by atoms with Gasteiger partial charge in [0.2, 0.25) is 6.67 Å². The lowest BCUT2D eigenvalue weighted by molar-refractivity contribution is 0.483. The fourth-order valence-electron chi connectivity index (χ4n) is 4.49. The van der Waals surface area contributed by atoms with Crippen LogP contribution in [0.25, 0.3) is 0 Å². The minimum atomic E-state index is -4.40. The Labute approximate surface area is 197 Å². The van der Waals surface area contributed by atoms with Gasteiger partial charge in [0, 0.05) is 12.2 Å². The molecule has 0 spiro atoms. The van der Waals surface area contributed by atoms with E-state index in [1.165, 1.54) is 17.2 Å². The summed E-state index contributed by atoms with van der Waals surface area (Å²) >= 11 is 0. The summed E-state index contributed by atoms with van der Waals surface area (Å²) in [6.07, 6.45) is 0. The first-order chi connectivity index (χ1) is 15.7. The summed E-state index contributed by atoms with van der Waals surface area (Å²) in [6, 6.07) is 22.8. The van der Waals surface area contributed by atoms with Crippen molar-refractivity contribution in [2.45, 2.75) is 50.5 Å². The minimum absolute atomic E-state index is 0.124. The van der Waals surface area contributed by atoms with E-state index in [4.69, 9.17) is 0 Å². The molecule has 0 bridgehead atoms. The molecule has 1 N–H and O–H groups in total. The van der Waals surface area contributed by atoms with Crippen molar-refractivity contribution in [3.8, 4) is 0 Å². The predicted molar refractivity (Wildman–Crippen MR) is 133 cm³/mol. The fourth-order valence-corrected chi connectivity index (χ4v) is 5.17. The Morgan fingerprint density at radius 1 is 0.848 bits per heavy atom. The van der Waals surface area contributed by atoms with Crippen LogP contribution in [-0.4, -0.2) is 19.5 Å². The van der Waals surface area contributed by atoms with E-state index in [1.54, 1.807) is 18.2 Å². The predicted octanol–water partition coefficient (Wildman–Crippen LogP) is 6.24. The van der Waals surface area contributed by atoms with Crippen LogP contribution in [0.4, 0.5) is 11.4 Å². The van der Waals surface area contributed by atoms with E-state index in [9.17, 15) is 13.0 Å². The Balaban J connectivity index is 1.87. The van der Waals surface area contributed by atoms with Gasteiger partial charge in [-0.25, -0.2) is 0 Å². The first-order valence-corrected chi connectivity index (χ1v) is 12.7. The molecular weight excluding hydrogens is 432 g/mol. The fraction of sp³-hybridized carbons (Fsp3) is 0.296. The molecule has 1 saturated heterocycles. The van der Waals surface area contributed by atoms with Gasteiger partial charge in [-0.05, 0) is 40.7 Å². The Morgan fingerprint density at radius 3 is 2.00 bits per heavy atom. The van der Waals surface area contributed by atoms with Crippen LogP contribution in [0.1, 0.15) is 62.3 Å². The van der Waals surface area contributed by atoms with Crippen molar-refractivity contribution in [1.29, 1.82) is 0 Å². The van der Waals surface area contributed by atoms with E-state index in [2.05, 4.69) is 57.5 Å². The first kappa shape index (κ1) is 23.3. The van der Waals surface area contributed by atoms with Gasteiger partial charge in [-0.2, -0.15) is 8.42 Å². The monoisotopic (exact) mass is 462 g/mol. The van der Waals surface area contributed by atoms with Crippen LogP contribution in [0.2, 0.25) is 0 Å². The SMILES string of the molecule is CC(C)c1cccc(C(C)C)c1N1[C]N(c2ccccc2S(=O)(=O)O)[C@H](c2ccccc2)C1. The van der Waals surface area contributed by atoms with Crippen molar-refractivity contribution >= 4 is 21.5 Å². The molecule has 1 aliphatic rings. The summed E-state index contributed by atoms with van der Waals surface area (Å²) in [6.45, 7) is 12.8.